The van der Waals surface area contributed by atoms with Gasteiger partial charge in [0.05, 0.1) is 0 Å². The maximum Gasteiger partial charge on any atom is 0.244 e. The first-order valence-corrected chi connectivity index (χ1v) is 8.76. The highest BCUT2D eigenvalue weighted by molar-refractivity contribution is 5.85. The van der Waals surface area contributed by atoms with Crippen molar-refractivity contribution in [2.24, 2.45) is 11.5 Å². The molecule has 1 saturated heterocycles. The summed E-state index contributed by atoms with van der Waals surface area (Å²) in [6.45, 7) is 1.86. The molecule has 2 unspecified atom stereocenters. The third kappa shape index (κ3) is 3.92. The largest absolute Gasteiger partial charge is 0.337 e. The first-order valence-electron chi connectivity index (χ1n) is 8.76. The number of nitrogens with zero attached hydrogens (tertiary/aromatic N) is 2. The highest BCUT2D eigenvalue weighted by Gasteiger charge is 2.30. The van der Waals surface area contributed by atoms with E-state index in [1.54, 1.807) is 9.80 Å². The molecule has 0 aliphatic carbocycles. The van der Waals surface area contributed by atoms with E-state index in [2.05, 4.69) is 0 Å². The van der Waals surface area contributed by atoms with Gasteiger partial charge in [0.25, 0.3) is 0 Å². The molecule has 0 spiro atoms. The number of nitrogens with two attached hydrogens (primary N) is 2. The summed E-state index contributed by atoms with van der Waals surface area (Å²) in [5.74, 6) is -0.230. The van der Waals surface area contributed by atoms with Gasteiger partial charge >= 0.3 is 0 Å². The van der Waals surface area contributed by atoms with Crippen LogP contribution in [0.5, 0.6) is 0 Å². The Morgan fingerprint density at radius 1 is 0.654 bits per heavy atom. The average Bonchev–Trinajstić information content (AvgIpc) is 2.73. The van der Waals surface area contributed by atoms with Gasteiger partial charge in [-0.15, -0.1) is 0 Å². The molecule has 0 aromatic heterocycles. The van der Waals surface area contributed by atoms with Gasteiger partial charge in [0, 0.05) is 26.2 Å². The summed E-state index contributed by atoms with van der Waals surface area (Å²) in [4.78, 5) is 28.6. The lowest BCUT2D eigenvalue weighted by Crippen LogP contribution is -2.54. The van der Waals surface area contributed by atoms with E-state index >= 15 is 0 Å². The Morgan fingerprint density at radius 2 is 0.962 bits per heavy atom. The van der Waals surface area contributed by atoms with Gasteiger partial charge in [0.1, 0.15) is 12.1 Å². The SMILES string of the molecule is NC(C(=O)N1CCN(C(=O)C(N)c2ccccc2)CC1)c1ccccc1. The minimum atomic E-state index is -0.676. The maximum atomic E-state index is 12.6. The molecule has 1 aliphatic rings. The lowest BCUT2D eigenvalue weighted by Gasteiger charge is -2.37. The fourth-order valence-electron chi connectivity index (χ4n) is 3.15. The molecule has 2 amide bonds. The van der Waals surface area contributed by atoms with Gasteiger partial charge in [0.15, 0.2) is 0 Å². The third-order valence-corrected chi connectivity index (χ3v) is 4.75. The van der Waals surface area contributed by atoms with E-state index in [9.17, 15) is 9.59 Å². The quantitative estimate of drug-likeness (QED) is 0.860. The maximum absolute atomic E-state index is 12.6. The van der Waals surface area contributed by atoms with Crippen LogP contribution in [0.15, 0.2) is 60.7 Å². The van der Waals surface area contributed by atoms with E-state index in [0.717, 1.165) is 11.1 Å². The third-order valence-electron chi connectivity index (χ3n) is 4.75. The van der Waals surface area contributed by atoms with E-state index in [0.29, 0.717) is 26.2 Å². The zero-order valence-corrected chi connectivity index (χ0v) is 14.6. The van der Waals surface area contributed by atoms with Crippen LogP contribution in [-0.2, 0) is 9.59 Å². The highest BCUT2D eigenvalue weighted by atomic mass is 16.2. The second kappa shape index (κ2) is 8.12. The van der Waals surface area contributed by atoms with Crippen LogP contribution < -0.4 is 11.5 Å². The molecule has 1 aliphatic heterocycles. The van der Waals surface area contributed by atoms with Gasteiger partial charge in [0.2, 0.25) is 11.8 Å². The number of amides is 2. The Hall–Kier alpha value is -2.70. The van der Waals surface area contributed by atoms with Crippen LogP contribution in [0.3, 0.4) is 0 Å². The molecule has 3 rings (SSSR count). The number of carbonyl (C=O) groups is 2. The summed E-state index contributed by atoms with van der Waals surface area (Å²) in [6, 6.07) is 17.3. The molecule has 1 fully saturated rings. The van der Waals surface area contributed by atoms with E-state index < -0.39 is 12.1 Å². The molecule has 0 saturated carbocycles. The van der Waals surface area contributed by atoms with Crippen LogP contribution in [0, 0.1) is 0 Å². The summed E-state index contributed by atoms with van der Waals surface area (Å²) in [5.41, 5.74) is 13.8. The van der Waals surface area contributed by atoms with Crippen molar-refractivity contribution in [1.82, 2.24) is 9.80 Å². The Balaban J connectivity index is 1.57. The van der Waals surface area contributed by atoms with Gasteiger partial charge in [-0.1, -0.05) is 60.7 Å². The molecular weight excluding hydrogens is 328 g/mol. The van der Waals surface area contributed by atoms with Gasteiger partial charge in [-0.3, -0.25) is 9.59 Å². The molecule has 6 heteroatoms. The summed E-state index contributed by atoms with van der Waals surface area (Å²) < 4.78 is 0. The Morgan fingerprint density at radius 3 is 1.27 bits per heavy atom. The molecule has 136 valence electrons. The lowest BCUT2D eigenvalue weighted by atomic mass is 10.1. The summed E-state index contributed by atoms with van der Waals surface area (Å²) >= 11 is 0. The highest BCUT2D eigenvalue weighted by Crippen LogP contribution is 2.17. The Kier molecular flexibility index (Phi) is 5.65. The van der Waals surface area contributed by atoms with Crippen molar-refractivity contribution in [3.05, 3.63) is 71.8 Å². The number of piperazine rings is 1. The number of benzene rings is 2. The zero-order chi connectivity index (χ0) is 18.5. The minimum absolute atomic E-state index is 0.115. The molecule has 26 heavy (non-hydrogen) atoms. The van der Waals surface area contributed by atoms with Crippen LogP contribution >= 0.6 is 0 Å². The normalized spacial score (nSPS) is 16.8. The minimum Gasteiger partial charge on any atom is -0.337 e. The van der Waals surface area contributed by atoms with Crippen LogP contribution in [0.25, 0.3) is 0 Å². The van der Waals surface area contributed by atoms with E-state index in [1.165, 1.54) is 0 Å². The predicted octanol–water partition coefficient (Wildman–Crippen LogP) is 1.06. The number of hydrogen-bond acceptors (Lipinski definition) is 4. The van der Waals surface area contributed by atoms with E-state index in [4.69, 9.17) is 11.5 Å². The van der Waals surface area contributed by atoms with Crippen molar-refractivity contribution in [2.75, 3.05) is 26.2 Å². The standard InChI is InChI=1S/C20H24N4O2/c21-17(15-7-3-1-4-8-15)19(25)23-11-13-24(14-12-23)20(26)18(22)16-9-5-2-6-10-16/h1-10,17-18H,11-14,21-22H2. The molecule has 2 aromatic rings. The molecule has 4 N–H and O–H groups in total. The van der Waals surface area contributed by atoms with E-state index in [-0.39, 0.29) is 11.8 Å². The van der Waals surface area contributed by atoms with Gasteiger partial charge < -0.3 is 21.3 Å². The van der Waals surface area contributed by atoms with Crippen LogP contribution in [0.1, 0.15) is 23.2 Å². The molecule has 6 nitrogen and oxygen atoms in total. The number of hydrogen-bond donors (Lipinski definition) is 2. The molecule has 2 aromatic carbocycles. The average molecular weight is 352 g/mol. The fraction of sp³-hybridized carbons (Fsp3) is 0.300. The predicted molar refractivity (Wildman–Crippen MR) is 99.9 cm³/mol. The summed E-state index contributed by atoms with van der Waals surface area (Å²) in [7, 11) is 0. The van der Waals surface area contributed by atoms with Crippen LogP contribution in [-0.4, -0.2) is 47.8 Å². The lowest BCUT2D eigenvalue weighted by molar-refractivity contribution is -0.141. The van der Waals surface area contributed by atoms with Crippen LogP contribution in [0.4, 0.5) is 0 Å². The Labute approximate surface area is 153 Å². The monoisotopic (exact) mass is 352 g/mol. The Bertz CT molecular complexity index is 677. The van der Waals surface area contributed by atoms with Crippen molar-refractivity contribution in [3.8, 4) is 0 Å². The van der Waals surface area contributed by atoms with Crippen molar-refractivity contribution in [1.29, 1.82) is 0 Å². The topological polar surface area (TPSA) is 92.7 Å². The van der Waals surface area contributed by atoms with Crippen LogP contribution in [0.2, 0.25) is 0 Å². The van der Waals surface area contributed by atoms with Crippen molar-refractivity contribution in [2.45, 2.75) is 12.1 Å². The molecular formula is C20H24N4O2. The van der Waals surface area contributed by atoms with Gasteiger partial charge in [-0.2, -0.15) is 0 Å². The van der Waals surface area contributed by atoms with E-state index in [1.807, 2.05) is 60.7 Å². The van der Waals surface area contributed by atoms with Gasteiger partial charge in [-0.25, -0.2) is 0 Å². The summed E-state index contributed by atoms with van der Waals surface area (Å²) in [5, 5.41) is 0. The summed E-state index contributed by atoms with van der Waals surface area (Å²) in [6.07, 6.45) is 0. The van der Waals surface area contributed by atoms with Crippen molar-refractivity contribution < 1.29 is 9.59 Å². The van der Waals surface area contributed by atoms with Crippen molar-refractivity contribution >= 4 is 11.8 Å². The zero-order valence-electron chi connectivity index (χ0n) is 14.6. The second-order valence-electron chi connectivity index (χ2n) is 6.43. The fourth-order valence-corrected chi connectivity index (χ4v) is 3.15. The van der Waals surface area contributed by atoms with Gasteiger partial charge in [-0.05, 0) is 11.1 Å². The van der Waals surface area contributed by atoms with Crippen molar-refractivity contribution in [3.63, 3.8) is 0 Å². The molecule has 2 atom stereocenters. The number of carbonyl (C=O) groups excluding carboxylic acids is 2. The second-order valence-corrected chi connectivity index (χ2v) is 6.43. The molecule has 0 bridgehead atoms. The first kappa shape index (κ1) is 18.1. The molecule has 0 radical (unpaired) electrons. The molecule has 1 heterocycles. The number of rotatable bonds is 4. The first-order chi connectivity index (χ1) is 12.6. The smallest absolute Gasteiger partial charge is 0.244 e.